The van der Waals surface area contributed by atoms with Crippen molar-refractivity contribution in [2.45, 2.75) is 44.4 Å². The molecule has 118 valence electrons. The third-order valence-corrected chi connectivity index (χ3v) is 12.3. The maximum absolute atomic E-state index is 11.0. The average molecular weight is 619 g/mol. The van der Waals surface area contributed by atoms with E-state index >= 15 is 0 Å². The molecule has 0 aliphatic heterocycles. The summed E-state index contributed by atoms with van der Waals surface area (Å²) < 4.78 is 32.2. The Morgan fingerprint density at radius 3 is 2.48 bits per heavy atom. The van der Waals surface area contributed by atoms with E-state index in [9.17, 15) is 8.92 Å². The van der Waals surface area contributed by atoms with E-state index in [4.69, 9.17) is 13.6 Å². The molecule has 0 bridgehead atoms. The van der Waals surface area contributed by atoms with E-state index in [0.717, 1.165) is 37.9 Å². The molecule has 0 amide bonds. The average Bonchev–Trinajstić information content (AvgIpc) is 2.43. The maximum Gasteiger partial charge on any atom is 0.594 e. The molecule has 11 heteroatoms. The molecular formula is C10H25NO5RfSi4. The van der Waals surface area contributed by atoms with E-state index in [0.29, 0.717) is 6.61 Å². The number of aliphatic hydroxyl groups is 1. The van der Waals surface area contributed by atoms with Gasteiger partial charge >= 0.3 is 18.6 Å². The zero-order chi connectivity index (χ0) is 15.3. The minimum atomic E-state index is -1.83. The van der Waals surface area contributed by atoms with Gasteiger partial charge in [-0.25, -0.2) is 0 Å². The zero-order valence-electron chi connectivity index (χ0n) is 13.0. The van der Waals surface area contributed by atoms with Crippen molar-refractivity contribution in [2.24, 2.45) is 0 Å². The normalized spacial score (nSPS) is 14.6. The smallest absolute Gasteiger partial charge is 0.520 e. The monoisotopic (exact) mass is 618 g/mol. The molecule has 6 nitrogen and oxygen atoms in total. The Hall–Kier alpha value is -0.852. The second-order valence-corrected chi connectivity index (χ2v) is 14.9. The molecule has 0 aromatic heterocycles. The van der Waals surface area contributed by atoms with Gasteiger partial charge in [-0.05, 0) is 44.6 Å². The minimum absolute atomic E-state index is 0. The number of hydrogen-bond donors (Lipinski definition) is 2. The van der Waals surface area contributed by atoms with Gasteiger partial charge in [-0.1, -0.05) is 6.42 Å². The van der Waals surface area contributed by atoms with Crippen molar-refractivity contribution >= 4 is 35.4 Å². The van der Waals surface area contributed by atoms with E-state index in [-0.39, 0.29) is 15.7 Å². The molecule has 2 atom stereocenters. The van der Waals surface area contributed by atoms with Crippen molar-refractivity contribution in [3.05, 3.63) is 0 Å². The first-order chi connectivity index (χ1) is 9.58. The van der Waals surface area contributed by atoms with Gasteiger partial charge in [0.25, 0.3) is 0 Å². The summed E-state index contributed by atoms with van der Waals surface area (Å²) in [6.45, 7) is 5.48. The molecule has 0 rings (SSSR count). The van der Waals surface area contributed by atoms with Crippen LogP contribution in [-0.4, -0.2) is 60.4 Å². The topological polar surface area (TPSA) is 84.9 Å². The SMILES string of the molecule is C[SiH](O[Si](C)(CCCCO[Si]=O)CCCNCO)[Si]=O.[Rf]. The van der Waals surface area contributed by atoms with Gasteiger partial charge in [-0.2, -0.15) is 0 Å². The second kappa shape index (κ2) is 14.1. The van der Waals surface area contributed by atoms with E-state index in [1.165, 1.54) is 0 Å². The van der Waals surface area contributed by atoms with Crippen molar-refractivity contribution in [1.29, 1.82) is 0 Å². The van der Waals surface area contributed by atoms with Crippen LogP contribution in [0.4, 0.5) is 0 Å². The number of aliphatic hydroxyl groups excluding tert-OH is 1. The van der Waals surface area contributed by atoms with Crippen molar-refractivity contribution in [1.82, 2.24) is 5.32 Å². The van der Waals surface area contributed by atoms with E-state index in [1.54, 1.807) is 0 Å². The van der Waals surface area contributed by atoms with Gasteiger partial charge in [0.15, 0.2) is 8.32 Å². The second-order valence-electron chi connectivity index (χ2n) is 4.98. The summed E-state index contributed by atoms with van der Waals surface area (Å²) in [5, 5.41) is 11.6. The third-order valence-electron chi connectivity index (χ3n) is 3.06. The summed E-state index contributed by atoms with van der Waals surface area (Å²) in [4.78, 5) is 0. The van der Waals surface area contributed by atoms with Gasteiger partial charge in [-0.15, -0.1) is 0 Å². The summed E-state index contributed by atoms with van der Waals surface area (Å²) in [5.74, 6) is 0. The molecule has 0 saturated heterocycles. The summed E-state index contributed by atoms with van der Waals surface area (Å²) in [6.07, 6.45) is 2.83. The molecule has 2 radical (unpaired) electrons. The fourth-order valence-corrected chi connectivity index (χ4v) is 12.0. The van der Waals surface area contributed by atoms with E-state index in [2.05, 4.69) is 11.9 Å². The molecule has 0 saturated carbocycles. The van der Waals surface area contributed by atoms with Gasteiger partial charge in [0.2, 0.25) is 8.56 Å². The van der Waals surface area contributed by atoms with Crippen LogP contribution in [-0.2, 0) is 17.5 Å². The van der Waals surface area contributed by atoms with Crippen LogP contribution in [0, 0.1) is 0 Å². The van der Waals surface area contributed by atoms with Crippen molar-refractivity contribution in [2.75, 3.05) is 19.9 Å². The van der Waals surface area contributed by atoms with Gasteiger partial charge in [0.05, 0.1) is 13.3 Å². The fraction of sp³-hybridized carbons (Fsp3) is 1.00. The van der Waals surface area contributed by atoms with Gasteiger partial charge < -0.3 is 22.6 Å². The Balaban J connectivity index is 0. The Labute approximate surface area is 128 Å². The van der Waals surface area contributed by atoms with Crippen LogP contribution >= 0.6 is 0 Å². The molecule has 2 unspecified atom stereocenters. The van der Waals surface area contributed by atoms with Crippen molar-refractivity contribution in [3.63, 3.8) is 0 Å². The molecule has 0 fully saturated rings. The predicted molar refractivity (Wildman–Crippen MR) is 83.1 cm³/mol. The quantitative estimate of drug-likeness (QED) is 0.164. The molecule has 0 aromatic carbocycles. The molecule has 0 spiro atoms. The first-order valence-electron chi connectivity index (χ1n) is 6.94. The summed E-state index contributed by atoms with van der Waals surface area (Å²) in [7, 11) is -4.36. The van der Waals surface area contributed by atoms with E-state index < -0.39 is 26.5 Å². The Morgan fingerprint density at radius 2 is 1.90 bits per heavy atom. The van der Waals surface area contributed by atoms with Gasteiger partial charge in [0.1, 0.15) is 0 Å². The third kappa shape index (κ3) is 12.6. The first-order valence-corrected chi connectivity index (χ1v) is 14.9. The van der Waals surface area contributed by atoms with Crippen molar-refractivity contribution < 1.29 is 22.6 Å². The summed E-state index contributed by atoms with van der Waals surface area (Å²) >= 11 is 0. The van der Waals surface area contributed by atoms with Gasteiger partial charge in [-0.3, -0.25) is 5.32 Å². The zero-order valence-corrected chi connectivity index (χ0v) is 23.6. The fourth-order valence-electron chi connectivity index (χ4n) is 2.07. The number of rotatable bonds is 14. The van der Waals surface area contributed by atoms with Crippen LogP contribution < -0.4 is 5.32 Å². The minimum Gasteiger partial charge on any atom is -0.520 e. The first kappa shape index (κ1) is 22.4. The molecule has 0 aliphatic carbocycles. The standard InChI is InChI=1S/C10H25NO5Si4.Rf/c1-19(18-14)16-20(2,9-5-6-11-10-12)8-4-3-7-15-17-13;/h11-12,19H,3-10H2,1-2H3;. The van der Waals surface area contributed by atoms with Crippen molar-refractivity contribution in [3.8, 4) is 0 Å². The van der Waals surface area contributed by atoms with E-state index in [1.807, 2.05) is 6.55 Å². The van der Waals surface area contributed by atoms with Crippen LogP contribution in [0.15, 0.2) is 0 Å². The van der Waals surface area contributed by atoms with Crippen LogP contribution in [0.3, 0.4) is 0 Å². The maximum atomic E-state index is 11.0. The molecule has 0 heterocycles. The number of nitrogens with one attached hydrogen (secondary N) is 1. The van der Waals surface area contributed by atoms with Crippen LogP contribution in [0.5, 0.6) is 0 Å². The van der Waals surface area contributed by atoms with Crippen LogP contribution in [0.2, 0.25) is 25.2 Å². The molecule has 2 N–H and O–H groups in total. The largest absolute Gasteiger partial charge is 0.594 e. The number of hydrogen-bond acceptors (Lipinski definition) is 6. The molecular weight excluding hydrogens is 593 g/mol. The van der Waals surface area contributed by atoms with Gasteiger partial charge in [0, 0.05) is 0 Å². The summed E-state index contributed by atoms with van der Waals surface area (Å²) in [6, 6.07) is 2.02. The molecule has 0 aliphatic rings. The summed E-state index contributed by atoms with van der Waals surface area (Å²) in [5.41, 5.74) is 0. The van der Waals surface area contributed by atoms with Crippen LogP contribution in [0.1, 0.15) is 19.3 Å². The predicted octanol–water partition coefficient (Wildman–Crippen LogP) is 0.169. The van der Waals surface area contributed by atoms with Crippen LogP contribution in [0.25, 0.3) is 0 Å². The Morgan fingerprint density at radius 1 is 1.24 bits per heavy atom. The number of unbranched alkanes of at least 4 members (excludes halogenated alkanes) is 1. The Kier molecular flexibility index (Phi) is 15.1. The molecule has 0 aromatic rings. The Bertz CT molecular complexity index is 280. The molecule has 21 heavy (non-hydrogen) atoms.